The zero-order chi connectivity index (χ0) is 19.1. The van der Waals surface area contributed by atoms with Crippen molar-refractivity contribution in [2.45, 2.75) is 51.6 Å². The number of hydrogen-bond donors (Lipinski definition) is 2. The van der Waals surface area contributed by atoms with E-state index < -0.39 is 46.1 Å². The lowest BCUT2D eigenvalue weighted by atomic mass is 9.51. The second-order valence-corrected chi connectivity index (χ2v) is 9.39. The Labute approximate surface area is 152 Å². The van der Waals surface area contributed by atoms with Crippen molar-refractivity contribution in [3.8, 4) is 0 Å². The van der Waals surface area contributed by atoms with Crippen LogP contribution in [0.4, 0.5) is 0 Å². The van der Waals surface area contributed by atoms with Gasteiger partial charge in [-0.25, -0.2) is 0 Å². The van der Waals surface area contributed by atoms with Gasteiger partial charge in [0.25, 0.3) is 0 Å². The summed E-state index contributed by atoms with van der Waals surface area (Å²) in [6, 6.07) is 0. The molecule has 0 aromatic carbocycles. The number of aliphatic hydroxyl groups excluding tert-OH is 2. The van der Waals surface area contributed by atoms with Gasteiger partial charge in [-0.15, -0.1) is 0 Å². The van der Waals surface area contributed by atoms with Crippen LogP contribution in [0.25, 0.3) is 0 Å². The molecular formula is C20H26O6-2. The number of allylic oxidation sites excluding steroid dienone is 1. The van der Waals surface area contributed by atoms with E-state index in [-0.39, 0.29) is 24.9 Å². The van der Waals surface area contributed by atoms with Crippen LogP contribution in [-0.4, -0.2) is 34.9 Å². The first kappa shape index (κ1) is 18.0. The molecule has 0 aromatic heterocycles. The monoisotopic (exact) mass is 362 g/mol. The molecule has 6 heteroatoms. The van der Waals surface area contributed by atoms with Crippen LogP contribution in [0.1, 0.15) is 45.4 Å². The van der Waals surface area contributed by atoms with E-state index in [0.717, 1.165) is 18.4 Å². The van der Waals surface area contributed by atoms with Gasteiger partial charge in [0.1, 0.15) is 0 Å². The quantitative estimate of drug-likeness (QED) is 0.636. The lowest BCUT2D eigenvalue weighted by Gasteiger charge is -2.56. The van der Waals surface area contributed by atoms with Crippen LogP contribution in [0.3, 0.4) is 0 Å². The number of carbonyl (C=O) groups is 2. The number of aliphatic hydroxyl groups is 2. The van der Waals surface area contributed by atoms with Gasteiger partial charge < -0.3 is 30.0 Å². The van der Waals surface area contributed by atoms with Gasteiger partial charge in [0, 0.05) is 29.3 Å². The van der Waals surface area contributed by atoms with E-state index >= 15 is 0 Å². The van der Waals surface area contributed by atoms with Crippen molar-refractivity contribution >= 4 is 11.9 Å². The minimum atomic E-state index is -1.72. The fourth-order valence-electron chi connectivity index (χ4n) is 7.77. The number of carbonyl (C=O) groups excluding carboxylic acids is 2. The average Bonchev–Trinajstić information content (AvgIpc) is 2.99. The van der Waals surface area contributed by atoms with Gasteiger partial charge in [-0.2, -0.15) is 0 Å². The lowest BCUT2D eigenvalue weighted by molar-refractivity contribution is -0.337. The molecule has 0 aromatic rings. The zero-order valence-corrected chi connectivity index (χ0v) is 15.1. The van der Waals surface area contributed by atoms with Crippen molar-refractivity contribution in [3.05, 3.63) is 12.2 Å². The molecule has 4 aliphatic carbocycles. The molecule has 0 aliphatic heterocycles. The van der Waals surface area contributed by atoms with Crippen molar-refractivity contribution in [1.82, 2.24) is 0 Å². The summed E-state index contributed by atoms with van der Waals surface area (Å²) in [7, 11) is 0. The third-order valence-electron chi connectivity index (χ3n) is 8.73. The van der Waals surface area contributed by atoms with Gasteiger partial charge in [0.05, 0.1) is 12.1 Å². The summed E-state index contributed by atoms with van der Waals surface area (Å²) in [5.41, 5.74) is -2.17. The second kappa shape index (κ2) is 5.32. The predicted molar refractivity (Wildman–Crippen MR) is 86.9 cm³/mol. The van der Waals surface area contributed by atoms with Crippen LogP contribution in [0.5, 0.6) is 0 Å². The third-order valence-corrected chi connectivity index (χ3v) is 8.73. The minimum Gasteiger partial charge on any atom is -0.550 e. The van der Waals surface area contributed by atoms with Crippen LogP contribution >= 0.6 is 0 Å². The van der Waals surface area contributed by atoms with Gasteiger partial charge in [-0.05, 0) is 61.7 Å². The standard InChI is InChI=1S/C20H28O6/c1-10-7-20-8-11(10)3-4-12(20)19(9-21)6-5-13(22)18(2,17(25)26)15(19)14(20)16(23)24/h11-15,21-22H,1,3-9H2,2H3,(H,23,24)(H,25,26)/p-2/t11-,12+,13+,14-,15-,18-,19-,20+/m1/s1. The molecule has 4 saturated carbocycles. The number of aliphatic carboxylic acids is 2. The molecule has 4 aliphatic rings. The molecule has 144 valence electrons. The highest BCUT2D eigenvalue weighted by Crippen LogP contribution is 2.77. The van der Waals surface area contributed by atoms with E-state index in [2.05, 4.69) is 6.58 Å². The van der Waals surface area contributed by atoms with Crippen LogP contribution in [-0.2, 0) is 9.59 Å². The highest BCUT2D eigenvalue weighted by Gasteiger charge is 2.75. The van der Waals surface area contributed by atoms with Crippen molar-refractivity contribution in [3.63, 3.8) is 0 Å². The van der Waals surface area contributed by atoms with E-state index in [0.29, 0.717) is 19.3 Å². The lowest BCUT2D eigenvalue weighted by Crippen LogP contribution is -2.63. The van der Waals surface area contributed by atoms with Crippen LogP contribution < -0.4 is 10.2 Å². The zero-order valence-electron chi connectivity index (χ0n) is 15.1. The maximum atomic E-state index is 12.4. The van der Waals surface area contributed by atoms with Crippen molar-refractivity contribution in [1.29, 1.82) is 0 Å². The topological polar surface area (TPSA) is 121 Å². The van der Waals surface area contributed by atoms with E-state index in [1.54, 1.807) is 0 Å². The summed E-state index contributed by atoms with van der Waals surface area (Å²) in [5, 5.41) is 45.5. The Balaban J connectivity index is 1.97. The van der Waals surface area contributed by atoms with Gasteiger partial charge >= 0.3 is 0 Å². The molecule has 0 amide bonds. The molecule has 26 heavy (non-hydrogen) atoms. The molecule has 4 rings (SSSR count). The Morgan fingerprint density at radius 2 is 1.96 bits per heavy atom. The smallest absolute Gasteiger partial charge is 0.0649 e. The molecule has 4 fully saturated rings. The van der Waals surface area contributed by atoms with Crippen molar-refractivity contribution in [2.24, 2.45) is 39.9 Å². The predicted octanol–water partition coefficient (Wildman–Crippen LogP) is -0.765. The second-order valence-electron chi connectivity index (χ2n) is 9.39. The highest BCUT2D eigenvalue weighted by molar-refractivity contribution is 5.78. The van der Waals surface area contributed by atoms with Gasteiger partial charge in [0.2, 0.25) is 0 Å². The van der Waals surface area contributed by atoms with Gasteiger partial charge in [-0.1, -0.05) is 19.1 Å². The average molecular weight is 362 g/mol. The maximum Gasteiger partial charge on any atom is 0.0649 e. The van der Waals surface area contributed by atoms with E-state index in [4.69, 9.17) is 0 Å². The normalized spacial score (nSPS) is 52.4. The van der Waals surface area contributed by atoms with Crippen LogP contribution in [0, 0.1) is 39.9 Å². The number of carboxylic acids is 2. The maximum absolute atomic E-state index is 12.4. The Kier molecular flexibility index (Phi) is 3.68. The molecule has 6 nitrogen and oxygen atoms in total. The summed E-state index contributed by atoms with van der Waals surface area (Å²) < 4.78 is 0. The van der Waals surface area contributed by atoms with E-state index in [1.165, 1.54) is 6.92 Å². The summed E-state index contributed by atoms with van der Waals surface area (Å²) in [4.78, 5) is 24.5. The SMILES string of the molecule is C=C1C[C@]23C[C@H]1CC[C@H]2[C@]1(CO)CC[C@H](O)[C@@](C)(C(=O)[O-])[C@H]1[C@@H]3C(=O)[O-]. The van der Waals surface area contributed by atoms with Crippen molar-refractivity contribution in [2.75, 3.05) is 6.61 Å². The molecule has 2 N–H and O–H groups in total. The fraction of sp³-hybridized carbons (Fsp3) is 0.800. The summed E-state index contributed by atoms with van der Waals surface area (Å²) in [6.07, 6.45) is 2.29. The molecule has 0 unspecified atom stereocenters. The summed E-state index contributed by atoms with van der Waals surface area (Å²) >= 11 is 0. The first-order valence-corrected chi connectivity index (χ1v) is 9.54. The van der Waals surface area contributed by atoms with Crippen LogP contribution in [0.2, 0.25) is 0 Å². The molecule has 0 saturated heterocycles. The summed E-state index contributed by atoms with van der Waals surface area (Å²) in [5.74, 6) is -4.50. The molecule has 2 bridgehead atoms. The molecular weight excluding hydrogens is 336 g/mol. The highest BCUT2D eigenvalue weighted by atomic mass is 16.4. The number of carboxylic acid groups (broad SMARTS) is 2. The molecule has 8 atom stereocenters. The molecule has 1 spiro atoms. The van der Waals surface area contributed by atoms with Crippen LogP contribution in [0.15, 0.2) is 12.2 Å². The van der Waals surface area contributed by atoms with Crippen molar-refractivity contribution < 1.29 is 30.0 Å². The molecule has 0 heterocycles. The van der Waals surface area contributed by atoms with Gasteiger partial charge in [0.15, 0.2) is 0 Å². The largest absolute Gasteiger partial charge is 0.550 e. The number of hydrogen-bond acceptors (Lipinski definition) is 6. The Hall–Kier alpha value is -1.40. The van der Waals surface area contributed by atoms with Gasteiger partial charge in [-0.3, -0.25) is 0 Å². The fourth-order valence-corrected chi connectivity index (χ4v) is 7.77. The number of fused-ring (bicyclic) bond motifs is 3. The third kappa shape index (κ3) is 1.80. The Morgan fingerprint density at radius 1 is 1.27 bits per heavy atom. The Morgan fingerprint density at radius 3 is 2.54 bits per heavy atom. The first-order chi connectivity index (χ1) is 12.1. The Bertz CT molecular complexity index is 688. The number of rotatable bonds is 3. The van der Waals surface area contributed by atoms with E-state index in [1.807, 2.05) is 0 Å². The minimum absolute atomic E-state index is 0.102. The molecule has 0 radical (unpaired) electrons. The summed E-state index contributed by atoms with van der Waals surface area (Å²) in [6.45, 7) is 5.26. The van der Waals surface area contributed by atoms with E-state index in [9.17, 15) is 30.0 Å². The first-order valence-electron chi connectivity index (χ1n) is 9.54.